The van der Waals surface area contributed by atoms with Crippen LogP contribution in [0.2, 0.25) is 0 Å². The van der Waals surface area contributed by atoms with E-state index in [1.165, 1.54) is 5.56 Å². The number of carbonyl (C=O) groups excluding carboxylic acids is 1. The average Bonchev–Trinajstić information content (AvgIpc) is 2.81. The molecule has 0 spiro atoms. The SMILES string of the molecule is C=CC(=O)Oc1ccc2c(c1O)Cc1ccccc1-2. The van der Waals surface area contributed by atoms with Crippen LogP contribution in [0.3, 0.4) is 0 Å². The van der Waals surface area contributed by atoms with E-state index in [-0.39, 0.29) is 11.5 Å². The molecule has 19 heavy (non-hydrogen) atoms. The highest BCUT2D eigenvalue weighted by atomic mass is 16.5. The molecule has 0 bridgehead atoms. The first-order valence-corrected chi connectivity index (χ1v) is 5.98. The van der Waals surface area contributed by atoms with Gasteiger partial charge in [0, 0.05) is 18.1 Å². The van der Waals surface area contributed by atoms with E-state index < -0.39 is 5.97 Å². The fourth-order valence-corrected chi connectivity index (χ4v) is 2.41. The molecule has 0 saturated carbocycles. The van der Waals surface area contributed by atoms with Crippen molar-refractivity contribution in [2.75, 3.05) is 0 Å². The summed E-state index contributed by atoms with van der Waals surface area (Å²) in [5.74, 6) is -0.369. The smallest absolute Gasteiger partial charge is 0.335 e. The molecule has 0 amide bonds. The second-order valence-corrected chi connectivity index (χ2v) is 4.40. The molecule has 0 radical (unpaired) electrons. The lowest BCUT2D eigenvalue weighted by atomic mass is 10.1. The largest absolute Gasteiger partial charge is 0.504 e. The van der Waals surface area contributed by atoms with Gasteiger partial charge in [-0.2, -0.15) is 0 Å². The molecule has 0 heterocycles. The van der Waals surface area contributed by atoms with Gasteiger partial charge in [-0.15, -0.1) is 0 Å². The van der Waals surface area contributed by atoms with Crippen LogP contribution in [-0.4, -0.2) is 11.1 Å². The standard InChI is InChI=1S/C16H12O3/c1-2-15(17)19-14-8-7-12-11-6-4-3-5-10(11)9-13(12)16(14)18/h2-8,18H,1,9H2. The fraction of sp³-hybridized carbons (Fsp3) is 0.0625. The zero-order valence-corrected chi connectivity index (χ0v) is 10.2. The maximum absolute atomic E-state index is 11.2. The Balaban J connectivity index is 2.07. The summed E-state index contributed by atoms with van der Waals surface area (Å²) in [6, 6.07) is 11.5. The average molecular weight is 252 g/mol. The van der Waals surface area contributed by atoms with Crippen LogP contribution < -0.4 is 4.74 Å². The predicted molar refractivity (Wildman–Crippen MR) is 72.2 cm³/mol. The zero-order valence-electron chi connectivity index (χ0n) is 10.2. The molecule has 2 aromatic rings. The molecule has 0 aliphatic heterocycles. The van der Waals surface area contributed by atoms with Gasteiger partial charge in [0.15, 0.2) is 11.5 Å². The van der Waals surface area contributed by atoms with Gasteiger partial charge in [0.05, 0.1) is 0 Å². The minimum Gasteiger partial charge on any atom is -0.504 e. The Kier molecular flexibility index (Phi) is 2.60. The van der Waals surface area contributed by atoms with Gasteiger partial charge in [-0.3, -0.25) is 0 Å². The van der Waals surface area contributed by atoms with E-state index in [4.69, 9.17) is 4.74 Å². The Hall–Kier alpha value is -2.55. The number of aromatic hydroxyl groups is 1. The lowest BCUT2D eigenvalue weighted by Gasteiger charge is -2.08. The molecule has 94 valence electrons. The number of carbonyl (C=O) groups is 1. The van der Waals surface area contributed by atoms with Crippen molar-refractivity contribution >= 4 is 5.97 Å². The molecule has 0 fully saturated rings. The van der Waals surface area contributed by atoms with E-state index in [0.717, 1.165) is 22.8 Å². The fourth-order valence-electron chi connectivity index (χ4n) is 2.41. The van der Waals surface area contributed by atoms with Gasteiger partial charge in [0.25, 0.3) is 0 Å². The first kappa shape index (κ1) is 11.5. The lowest BCUT2D eigenvalue weighted by Crippen LogP contribution is -2.03. The molecule has 0 aromatic heterocycles. The first-order chi connectivity index (χ1) is 9.20. The van der Waals surface area contributed by atoms with Gasteiger partial charge in [0.2, 0.25) is 0 Å². The zero-order chi connectivity index (χ0) is 13.4. The summed E-state index contributed by atoms with van der Waals surface area (Å²) in [4.78, 5) is 11.2. The second-order valence-electron chi connectivity index (χ2n) is 4.40. The number of esters is 1. The summed E-state index contributed by atoms with van der Waals surface area (Å²) < 4.78 is 5.01. The number of hydrogen-bond donors (Lipinski definition) is 1. The summed E-state index contributed by atoms with van der Waals surface area (Å²) in [5, 5.41) is 10.2. The van der Waals surface area contributed by atoms with Gasteiger partial charge in [-0.25, -0.2) is 4.79 Å². The number of fused-ring (bicyclic) bond motifs is 3. The Labute approximate surface area is 110 Å². The molecular weight excluding hydrogens is 240 g/mol. The molecule has 1 aliphatic rings. The Morgan fingerprint density at radius 3 is 2.79 bits per heavy atom. The van der Waals surface area contributed by atoms with E-state index >= 15 is 0 Å². The number of benzene rings is 2. The van der Waals surface area contributed by atoms with Crippen LogP contribution in [0.1, 0.15) is 11.1 Å². The molecule has 3 heteroatoms. The molecule has 3 rings (SSSR count). The quantitative estimate of drug-likeness (QED) is 0.433. The van der Waals surface area contributed by atoms with Crippen molar-refractivity contribution in [1.82, 2.24) is 0 Å². The summed E-state index contributed by atoms with van der Waals surface area (Å²) >= 11 is 0. The Morgan fingerprint density at radius 2 is 2.00 bits per heavy atom. The predicted octanol–water partition coefficient (Wildman–Crippen LogP) is 3.05. The van der Waals surface area contributed by atoms with Gasteiger partial charge < -0.3 is 9.84 Å². The third-order valence-electron chi connectivity index (χ3n) is 3.30. The van der Waals surface area contributed by atoms with E-state index in [1.807, 2.05) is 30.3 Å². The van der Waals surface area contributed by atoms with Crippen molar-refractivity contribution in [3.63, 3.8) is 0 Å². The van der Waals surface area contributed by atoms with Crippen molar-refractivity contribution in [1.29, 1.82) is 0 Å². The van der Waals surface area contributed by atoms with Crippen molar-refractivity contribution in [3.05, 3.63) is 60.2 Å². The third kappa shape index (κ3) is 1.80. The van der Waals surface area contributed by atoms with E-state index in [0.29, 0.717) is 6.42 Å². The maximum atomic E-state index is 11.2. The Morgan fingerprint density at radius 1 is 1.21 bits per heavy atom. The normalized spacial score (nSPS) is 11.6. The molecule has 0 saturated heterocycles. The molecular formula is C16H12O3. The van der Waals surface area contributed by atoms with Crippen molar-refractivity contribution < 1.29 is 14.6 Å². The topological polar surface area (TPSA) is 46.5 Å². The highest BCUT2D eigenvalue weighted by Gasteiger charge is 2.23. The highest BCUT2D eigenvalue weighted by molar-refractivity contribution is 5.85. The van der Waals surface area contributed by atoms with E-state index in [9.17, 15) is 9.90 Å². The van der Waals surface area contributed by atoms with Crippen LogP contribution in [0, 0.1) is 0 Å². The summed E-state index contributed by atoms with van der Waals surface area (Å²) in [7, 11) is 0. The van der Waals surface area contributed by atoms with Crippen molar-refractivity contribution in [2.45, 2.75) is 6.42 Å². The van der Waals surface area contributed by atoms with E-state index in [1.54, 1.807) is 6.07 Å². The Bertz CT molecular complexity index is 686. The minimum atomic E-state index is -0.578. The third-order valence-corrected chi connectivity index (χ3v) is 3.30. The van der Waals surface area contributed by atoms with Crippen LogP contribution in [0.5, 0.6) is 11.5 Å². The highest BCUT2D eigenvalue weighted by Crippen LogP contribution is 2.44. The van der Waals surface area contributed by atoms with Gasteiger partial charge >= 0.3 is 5.97 Å². The molecule has 1 N–H and O–H groups in total. The lowest BCUT2D eigenvalue weighted by molar-refractivity contribution is -0.129. The van der Waals surface area contributed by atoms with Crippen LogP contribution in [0.15, 0.2) is 49.1 Å². The van der Waals surface area contributed by atoms with E-state index in [2.05, 4.69) is 6.58 Å². The monoisotopic (exact) mass is 252 g/mol. The molecule has 0 unspecified atom stereocenters. The maximum Gasteiger partial charge on any atom is 0.335 e. The van der Waals surface area contributed by atoms with Gasteiger partial charge in [0.1, 0.15) is 0 Å². The van der Waals surface area contributed by atoms with Crippen LogP contribution in [-0.2, 0) is 11.2 Å². The number of ether oxygens (including phenoxy) is 1. The van der Waals surface area contributed by atoms with Crippen LogP contribution in [0.4, 0.5) is 0 Å². The second kappa shape index (κ2) is 4.28. The van der Waals surface area contributed by atoms with Gasteiger partial charge in [-0.1, -0.05) is 36.9 Å². The molecule has 0 atom stereocenters. The summed E-state index contributed by atoms with van der Waals surface area (Å²) in [6.45, 7) is 3.34. The van der Waals surface area contributed by atoms with Crippen LogP contribution in [0.25, 0.3) is 11.1 Å². The first-order valence-electron chi connectivity index (χ1n) is 5.98. The minimum absolute atomic E-state index is 0.0314. The summed E-state index contributed by atoms with van der Waals surface area (Å²) in [6.07, 6.45) is 1.72. The number of rotatable bonds is 2. The summed E-state index contributed by atoms with van der Waals surface area (Å²) in [5.41, 5.74) is 4.08. The molecule has 1 aliphatic carbocycles. The van der Waals surface area contributed by atoms with Crippen molar-refractivity contribution in [3.8, 4) is 22.6 Å². The van der Waals surface area contributed by atoms with Gasteiger partial charge in [-0.05, 0) is 22.8 Å². The van der Waals surface area contributed by atoms with Crippen LogP contribution >= 0.6 is 0 Å². The van der Waals surface area contributed by atoms with Crippen molar-refractivity contribution in [2.24, 2.45) is 0 Å². The number of phenolic OH excluding ortho intramolecular Hbond substituents is 1. The molecule has 3 nitrogen and oxygen atoms in total. The molecule has 2 aromatic carbocycles. The number of phenols is 1. The number of hydrogen-bond acceptors (Lipinski definition) is 3.